The zero-order valence-corrected chi connectivity index (χ0v) is 21.9. The second kappa shape index (κ2) is 13.0. The molecule has 2 N–H and O–H groups in total. The number of nitrogens with zero attached hydrogens (tertiary/aromatic N) is 2. The number of hydrogen-bond donors (Lipinski definition) is 1. The molecule has 7 heteroatoms. The molecule has 0 fully saturated rings. The van der Waals surface area contributed by atoms with Gasteiger partial charge in [0.2, 0.25) is 5.91 Å². The van der Waals surface area contributed by atoms with Crippen LogP contribution in [-0.2, 0) is 9.67 Å². The third kappa shape index (κ3) is 5.73. The lowest BCUT2D eigenvalue weighted by molar-refractivity contribution is -0.134. The van der Waals surface area contributed by atoms with Crippen LogP contribution in [0.5, 0.6) is 5.75 Å². The van der Waals surface area contributed by atoms with E-state index in [1.807, 2.05) is 70.2 Å². The maximum atomic E-state index is 12.8. The summed E-state index contributed by atoms with van der Waals surface area (Å²) in [6.07, 6.45) is 10.6. The van der Waals surface area contributed by atoms with Gasteiger partial charge in [0.25, 0.3) is 0 Å². The van der Waals surface area contributed by atoms with E-state index in [9.17, 15) is 4.79 Å². The fourth-order valence-corrected chi connectivity index (χ4v) is 5.81. The van der Waals surface area contributed by atoms with Gasteiger partial charge in [-0.3, -0.25) is 4.79 Å². The number of thioether (sulfide) groups is 1. The normalized spacial score (nSPS) is 26.5. The van der Waals surface area contributed by atoms with Crippen molar-refractivity contribution in [2.75, 3.05) is 13.2 Å². The predicted molar refractivity (Wildman–Crippen MR) is 141 cm³/mol. The Balaban J connectivity index is 0.000000914. The van der Waals surface area contributed by atoms with E-state index in [1.54, 1.807) is 23.7 Å². The molecule has 0 bridgehead atoms. The van der Waals surface area contributed by atoms with Gasteiger partial charge in [-0.05, 0) is 37.9 Å². The number of allylic oxidation sites excluding steroid dienone is 5. The number of carbonyl (C=O) groups excluding carboxylic acids is 1. The van der Waals surface area contributed by atoms with E-state index in [4.69, 9.17) is 27.2 Å². The highest BCUT2D eigenvalue weighted by molar-refractivity contribution is 8.15. The fraction of sp³-hybridized carbons (Fsp3) is 0.462. The van der Waals surface area contributed by atoms with E-state index in [1.165, 1.54) is 0 Å². The van der Waals surface area contributed by atoms with Crippen molar-refractivity contribution in [3.8, 4) is 5.75 Å². The number of amides is 1. The first-order valence-electron chi connectivity index (χ1n) is 11.8. The molecule has 1 aliphatic carbocycles. The van der Waals surface area contributed by atoms with Gasteiger partial charge in [-0.15, -0.1) is 0 Å². The highest BCUT2D eigenvalue weighted by atomic mass is 35.5. The van der Waals surface area contributed by atoms with Gasteiger partial charge < -0.3 is 10.5 Å². The first-order chi connectivity index (χ1) is 16.1. The molecular weight excluding hydrogens is 454 g/mol. The van der Waals surface area contributed by atoms with E-state index in [2.05, 4.69) is 6.08 Å². The molecule has 180 valence electrons. The lowest BCUT2D eigenvalue weighted by Crippen LogP contribution is -2.51. The zero-order chi connectivity index (χ0) is 24.4. The second-order valence-electron chi connectivity index (χ2n) is 7.28. The van der Waals surface area contributed by atoms with Crippen LogP contribution in [0.25, 0.3) is 0 Å². The number of fused-ring (bicyclic) bond motifs is 2. The summed E-state index contributed by atoms with van der Waals surface area (Å²) in [6, 6.07) is 7.88. The Morgan fingerprint density at radius 3 is 2.70 bits per heavy atom. The van der Waals surface area contributed by atoms with Crippen molar-refractivity contribution in [2.24, 2.45) is 16.8 Å². The minimum atomic E-state index is -0.678. The standard InChI is InChI=1S/C22H24ClN3O2S.2C2H6/c1-15(27)26-22(17(11-12-24)14-28-20-10-6-5-9-19(20)22)29-21(25-26)16-7-3-2-4-8-18(23)13-16;2*1-2/h3,5-10,13,17H,2,4,11-12,14,24H2,1H3;2*1-2H3/b7-3?,16-13+,18-8+;;/t17-,22?;;/m1../s1. The Morgan fingerprint density at radius 2 is 2.00 bits per heavy atom. The molecule has 1 spiro atoms. The Labute approximate surface area is 207 Å². The molecule has 0 saturated carbocycles. The number of rotatable bonds is 3. The van der Waals surface area contributed by atoms with Gasteiger partial charge in [0, 0.05) is 29.0 Å². The van der Waals surface area contributed by atoms with E-state index < -0.39 is 4.87 Å². The Bertz CT molecular complexity index is 941. The summed E-state index contributed by atoms with van der Waals surface area (Å²) in [7, 11) is 0. The van der Waals surface area contributed by atoms with E-state index in [-0.39, 0.29) is 11.8 Å². The molecule has 2 atom stereocenters. The number of para-hydroxylation sites is 1. The smallest absolute Gasteiger partial charge is 0.241 e. The molecule has 2 aliphatic heterocycles. The summed E-state index contributed by atoms with van der Waals surface area (Å²) in [4.78, 5) is 12.1. The maximum Gasteiger partial charge on any atom is 0.241 e. The van der Waals surface area contributed by atoms with Gasteiger partial charge in [0.15, 0.2) is 4.87 Å². The number of carbonyl (C=O) groups is 1. The summed E-state index contributed by atoms with van der Waals surface area (Å²) < 4.78 is 6.02. The number of hydrogen-bond acceptors (Lipinski definition) is 5. The molecular formula is C26H36ClN3O2S. The van der Waals surface area contributed by atoms with Crippen molar-refractivity contribution >= 4 is 34.3 Å². The summed E-state index contributed by atoms with van der Waals surface area (Å²) >= 11 is 7.97. The van der Waals surface area contributed by atoms with Crippen molar-refractivity contribution in [2.45, 2.75) is 58.8 Å². The van der Waals surface area contributed by atoms with Crippen molar-refractivity contribution in [1.82, 2.24) is 5.01 Å². The molecule has 2 heterocycles. The molecule has 0 saturated heterocycles. The van der Waals surface area contributed by atoms with Crippen LogP contribution in [0, 0.1) is 5.92 Å². The predicted octanol–water partition coefficient (Wildman–Crippen LogP) is 6.56. The number of nitrogens with two attached hydrogens (primary N) is 1. The van der Waals surface area contributed by atoms with E-state index >= 15 is 0 Å². The summed E-state index contributed by atoms with van der Waals surface area (Å²) in [5.74, 6) is 0.695. The summed E-state index contributed by atoms with van der Waals surface area (Å²) in [6.45, 7) is 10.6. The van der Waals surface area contributed by atoms with Crippen LogP contribution in [0.2, 0.25) is 0 Å². The van der Waals surface area contributed by atoms with Gasteiger partial charge >= 0.3 is 0 Å². The Hall–Kier alpha value is -2.02. The Morgan fingerprint density at radius 1 is 1.27 bits per heavy atom. The molecule has 3 aliphatic rings. The van der Waals surface area contributed by atoms with Crippen LogP contribution in [0.3, 0.4) is 0 Å². The lowest BCUT2D eigenvalue weighted by atomic mass is 9.86. The lowest BCUT2D eigenvalue weighted by Gasteiger charge is -2.45. The van der Waals surface area contributed by atoms with Gasteiger partial charge in [0.1, 0.15) is 10.8 Å². The molecule has 0 aromatic heterocycles. The third-order valence-electron chi connectivity index (χ3n) is 5.35. The first-order valence-corrected chi connectivity index (χ1v) is 13.0. The highest BCUT2D eigenvalue weighted by Gasteiger charge is 2.56. The van der Waals surface area contributed by atoms with Crippen molar-refractivity contribution in [3.05, 3.63) is 64.7 Å². The van der Waals surface area contributed by atoms with Gasteiger partial charge in [-0.25, -0.2) is 5.01 Å². The Kier molecular flexibility index (Phi) is 10.7. The average molecular weight is 490 g/mol. The molecule has 33 heavy (non-hydrogen) atoms. The van der Waals surface area contributed by atoms with Gasteiger partial charge in [-0.1, -0.05) is 87.5 Å². The molecule has 1 aromatic rings. The van der Waals surface area contributed by atoms with E-state index in [0.717, 1.165) is 41.2 Å². The SMILES string of the molecule is CC.CC.CC(=O)N1N=C(/C2=C/C(Cl)=C\CCC=C2)SC12c1ccccc1OC[C@H]2CCN. The van der Waals surface area contributed by atoms with Crippen LogP contribution in [-0.4, -0.2) is 29.1 Å². The first kappa shape index (κ1) is 27.2. The number of halogens is 1. The number of ether oxygens (including phenoxy) is 1. The molecule has 1 unspecified atom stereocenters. The number of hydrazone groups is 1. The van der Waals surface area contributed by atoms with Crippen LogP contribution < -0.4 is 10.5 Å². The molecule has 4 rings (SSSR count). The molecule has 1 aromatic carbocycles. The van der Waals surface area contributed by atoms with Gasteiger partial charge in [0.05, 0.1) is 6.61 Å². The van der Waals surface area contributed by atoms with Crippen molar-refractivity contribution in [3.63, 3.8) is 0 Å². The van der Waals surface area contributed by atoms with Crippen molar-refractivity contribution < 1.29 is 9.53 Å². The second-order valence-corrected chi connectivity index (χ2v) is 8.93. The quantitative estimate of drug-likeness (QED) is 0.522. The molecule has 0 radical (unpaired) electrons. The van der Waals surface area contributed by atoms with Gasteiger partial charge in [-0.2, -0.15) is 5.10 Å². The average Bonchev–Trinajstić information content (AvgIpc) is 3.22. The zero-order valence-electron chi connectivity index (χ0n) is 20.3. The number of benzene rings is 1. The molecule has 1 amide bonds. The summed E-state index contributed by atoms with van der Waals surface area (Å²) in [5, 5.41) is 7.88. The third-order valence-corrected chi connectivity index (χ3v) is 7.16. The minimum absolute atomic E-state index is 0.0155. The van der Waals surface area contributed by atoms with E-state index in [0.29, 0.717) is 18.2 Å². The van der Waals surface area contributed by atoms with Crippen LogP contribution in [0.15, 0.2) is 64.3 Å². The highest BCUT2D eigenvalue weighted by Crippen LogP contribution is 2.57. The topological polar surface area (TPSA) is 67.9 Å². The summed E-state index contributed by atoms with van der Waals surface area (Å²) in [5.41, 5.74) is 7.80. The maximum absolute atomic E-state index is 12.8. The van der Waals surface area contributed by atoms with Crippen molar-refractivity contribution in [1.29, 1.82) is 0 Å². The van der Waals surface area contributed by atoms with Crippen LogP contribution >= 0.6 is 23.4 Å². The monoisotopic (exact) mass is 489 g/mol. The van der Waals surface area contributed by atoms with Crippen LogP contribution in [0.4, 0.5) is 0 Å². The van der Waals surface area contributed by atoms with Crippen LogP contribution in [0.1, 0.15) is 59.4 Å². The fourth-order valence-electron chi connectivity index (χ4n) is 4.03. The molecule has 5 nitrogen and oxygen atoms in total. The minimum Gasteiger partial charge on any atom is -0.493 e. The largest absolute Gasteiger partial charge is 0.493 e.